The second-order valence-corrected chi connectivity index (χ2v) is 8.03. The van der Waals surface area contributed by atoms with Crippen molar-refractivity contribution in [3.05, 3.63) is 83.9 Å². The molecule has 0 saturated carbocycles. The molecule has 0 aliphatic carbocycles. The molecule has 0 bridgehead atoms. The molecule has 6 heteroatoms. The molecule has 2 N–H and O–H groups in total. The van der Waals surface area contributed by atoms with E-state index in [0.717, 1.165) is 29.0 Å². The van der Waals surface area contributed by atoms with E-state index < -0.39 is 10.0 Å². The fraction of sp³-hybridized carbons (Fsp3) is 0.182. The molecule has 3 aromatic carbocycles. The molecule has 0 aliphatic heterocycles. The van der Waals surface area contributed by atoms with Crippen LogP contribution in [0.1, 0.15) is 18.1 Å². The quantitative estimate of drug-likeness (QED) is 0.581. The normalized spacial score (nSPS) is 11.1. The Morgan fingerprint density at radius 1 is 0.857 bits per heavy atom. The Morgan fingerprint density at radius 2 is 1.50 bits per heavy atom. The molecule has 3 rings (SSSR count). The summed E-state index contributed by atoms with van der Waals surface area (Å²) in [5.41, 5.74) is 3.55. The van der Waals surface area contributed by atoms with Crippen molar-refractivity contribution in [3.63, 3.8) is 0 Å². The lowest BCUT2D eigenvalue weighted by molar-refractivity contribution is 0.410. The zero-order valence-corrected chi connectivity index (χ0v) is 16.8. The average molecular weight is 397 g/mol. The highest BCUT2D eigenvalue weighted by Gasteiger charge is 2.13. The van der Waals surface area contributed by atoms with E-state index in [1.54, 1.807) is 31.4 Å². The topological polar surface area (TPSA) is 67.4 Å². The van der Waals surface area contributed by atoms with Gasteiger partial charge in [-0.2, -0.15) is 0 Å². The molecule has 0 unspecified atom stereocenters. The van der Waals surface area contributed by atoms with E-state index in [2.05, 4.69) is 10.0 Å². The summed E-state index contributed by atoms with van der Waals surface area (Å²) in [5, 5.41) is 3.31. The van der Waals surface area contributed by atoms with E-state index in [1.165, 1.54) is 0 Å². The van der Waals surface area contributed by atoms with Gasteiger partial charge in [-0.15, -0.1) is 0 Å². The van der Waals surface area contributed by atoms with Gasteiger partial charge in [0.2, 0.25) is 0 Å². The Labute approximate surface area is 166 Å². The number of anilines is 2. The number of sulfonamides is 1. The molecule has 3 aromatic rings. The third-order valence-electron chi connectivity index (χ3n) is 4.45. The zero-order valence-electron chi connectivity index (χ0n) is 16.0. The van der Waals surface area contributed by atoms with Crippen LogP contribution in [0.2, 0.25) is 0 Å². The van der Waals surface area contributed by atoms with Crippen molar-refractivity contribution in [1.82, 2.24) is 0 Å². The van der Waals surface area contributed by atoms with E-state index >= 15 is 0 Å². The first-order valence-electron chi connectivity index (χ1n) is 9.09. The molecule has 0 heterocycles. The number of ether oxygens (including phenoxy) is 1. The number of hydrogen-bond donors (Lipinski definition) is 2. The Kier molecular flexibility index (Phi) is 6.21. The molecule has 28 heavy (non-hydrogen) atoms. The van der Waals surface area contributed by atoms with E-state index in [0.29, 0.717) is 12.2 Å². The molecule has 0 aliphatic rings. The summed E-state index contributed by atoms with van der Waals surface area (Å²) >= 11 is 0. The third-order valence-corrected chi connectivity index (χ3v) is 5.85. The molecule has 146 valence electrons. The van der Waals surface area contributed by atoms with Crippen LogP contribution in [0.25, 0.3) is 0 Å². The van der Waals surface area contributed by atoms with Crippen LogP contribution >= 0.6 is 0 Å². The standard InChI is InChI=1S/C22H24N2O3S/c1-3-17-8-14-21(15-9-17)28(25,26)24-20-12-10-19(11-13-20)23-16-18-6-4-5-7-22(18)27-2/h4-15,23-24H,3,16H2,1-2H3. The van der Waals surface area contributed by atoms with Crippen molar-refractivity contribution < 1.29 is 13.2 Å². The van der Waals surface area contributed by atoms with E-state index in [9.17, 15) is 8.42 Å². The molecule has 0 aromatic heterocycles. The van der Waals surface area contributed by atoms with Gasteiger partial charge in [-0.1, -0.05) is 37.3 Å². The summed E-state index contributed by atoms with van der Waals surface area (Å²) in [6.07, 6.45) is 0.872. The summed E-state index contributed by atoms with van der Waals surface area (Å²) in [6.45, 7) is 2.64. The molecule has 0 radical (unpaired) electrons. The Bertz CT molecular complexity index is 1010. The van der Waals surface area contributed by atoms with Gasteiger partial charge < -0.3 is 10.1 Å². The van der Waals surface area contributed by atoms with Gasteiger partial charge in [-0.25, -0.2) is 8.42 Å². The van der Waals surface area contributed by atoms with Crippen LogP contribution in [-0.2, 0) is 23.0 Å². The highest BCUT2D eigenvalue weighted by Crippen LogP contribution is 2.21. The first-order chi connectivity index (χ1) is 13.5. The minimum atomic E-state index is -3.60. The Hall–Kier alpha value is -2.99. The van der Waals surface area contributed by atoms with Gasteiger partial charge in [0.1, 0.15) is 5.75 Å². The van der Waals surface area contributed by atoms with E-state index in [1.807, 2.05) is 55.5 Å². The predicted molar refractivity (Wildman–Crippen MR) is 113 cm³/mol. The minimum Gasteiger partial charge on any atom is -0.496 e. The third kappa shape index (κ3) is 4.84. The van der Waals surface area contributed by atoms with Gasteiger partial charge in [0.25, 0.3) is 10.0 Å². The monoisotopic (exact) mass is 396 g/mol. The fourth-order valence-electron chi connectivity index (χ4n) is 2.82. The maximum Gasteiger partial charge on any atom is 0.261 e. The molecular weight excluding hydrogens is 372 g/mol. The number of benzene rings is 3. The van der Waals surface area contributed by atoms with Crippen molar-refractivity contribution >= 4 is 21.4 Å². The smallest absolute Gasteiger partial charge is 0.261 e. The first-order valence-corrected chi connectivity index (χ1v) is 10.6. The lowest BCUT2D eigenvalue weighted by Gasteiger charge is -2.12. The van der Waals surface area contributed by atoms with Gasteiger partial charge in [-0.05, 0) is 54.4 Å². The number of hydrogen-bond acceptors (Lipinski definition) is 4. The van der Waals surface area contributed by atoms with Crippen LogP contribution in [-0.4, -0.2) is 15.5 Å². The fourth-order valence-corrected chi connectivity index (χ4v) is 3.88. The zero-order chi connectivity index (χ0) is 20.0. The van der Waals surface area contributed by atoms with Gasteiger partial charge >= 0.3 is 0 Å². The van der Waals surface area contributed by atoms with Crippen LogP contribution in [0.4, 0.5) is 11.4 Å². The highest BCUT2D eigenvalue weighted by atomic mass is 32.2. The van der Waals surface area contributed by atoms with Gasteiger partial charge in [-0.3, -0.25) is 4.72 Å². The largest absolute Gasteiger partial charge is 0.496 e. The molecule has 0 atom stereocenters. The molecule has 0 spiro atoms. The van der Waals surface area contributed by atoms with Gasteiger partial charge in [0, 0.05) is 23.5 Å². The number of nitrogens with one attached hydrogen (secondary N) is 2. The van der Waals surface area contributed by atoms with Crippen LogP contribution < -0.4 is 14.8 Å². The first kappa shape index (κ1) is 19.8. The second kappa shape index (κ2) is 8.80. The van der Waals surface area contributed by atoms with Crippen LogP contribution in [0.5, 0.6) is 5.75 Å². The van der Waals surface area contributed by atoms with Crippen molar-refractivity contribution in [2.45, 2.75) is 24.8 Å². The van der Waals surface area contributed by atoms with Crippen molar-refractivity contribution in [2.24, 2.45) is 0 Å². The molecule has 0 fully saturated rings. The second-order valence-electron chi connectivity index (χ2n) is 6.35. The lowest BCUT2D eigenvalue weighted by atomic mass is 10.2. The molecule has 0 saturated heterocycles. The van der Waals surface area contributed by atoms with Crippen molar-refractivity contribution in [1.29, 1.82) is 0 Å². The SMILES string of the molecule is CCc1ccc(S(=O)(=O)Nc2ccc(NCc3ccccc3OC)cc2)cc1. The molecular formula is C22H24N2O3S. The van der Waals surface area contributed by atoms with Gasteiger partial charge in [0.15, 0.2) is 0 Å². The van der Waals surface area contributed by atoms with Crippen LogP contribution in [0.15, 0.2) is 77.7 Å². The summed E-state index contributed by atoms with van der Waals surface area (Å²) in [5.74, 6) is 0.827. The molecule has 5 nitrogen and oxygen atoms in total. The van der Waals surface area contributed by atoms with Crippen molar-refractivity contribution in [3.8, 4) is 5.75 Å². The Balaban J connectivity index is 1.65. The number of aryl methyl sites for hydroxylation is 1. The maximum atomic E-state index is 12.5. The summed E-state index contributed by atoms with van der Waals surface area (Å²) in [4.78, 5) is 0.253. The number of methoxy groups -OCH3 is 1. The minimum absolute atomic E-state index is 0.253. The Morgan fingerprint density at radius 3 is 2.14 bits per heavy atom. The number of para-hydroxylation sites is 1. The van der Waals surface area contributed by atoms with Crippen molar-refractivity contribution in [2.75, 3.05) is 17.1 Å². The summed E-state index contributed by atoms with van der Waals surface area (Å²) in [7, 11) is -1.95. The molecule has 0 amide bonds. The predicted octanol–water partition coefficient (Wildman–Crippen LogP) is 4.67. The number of rotatable bonds is 8. The van der Waals surface area contributed by atoms with Crippen LogP contribution in [0, 0.1) is 0 Å². The van der Waals surface area contributed by atoms with Crippen LogP contribution in [0.3, 0.4) is 0 Å². The average Bonchev–Trinajstić information content (AvgIpc) is 2.73. The van der Waals surface area contributed by atoms with E-state index in [4.69, 9.17) is 4.74 Å². The van der Waals surface area contributed by atoms with Gasteiger partial charge in [0.05, 0.1) is 12.0 Å². The maximum absolute atomic E-state index is 12.5. The highest BCUT2D eigenvalue weighted by molar-refractivity contribution is 7.92. The lowest BCUT2D eigenvalue weighted by Crippen LogP contribution is -2.13. The summed E-state index contributed by atoms with van der Waals surface area (Å²) < 4.78 is 33.0. The summed E-state index contributed by atoms with van der Waals surface area (Å²) in [6, 6.07) is 21.9. The van der Waals surface area contributed by atoms with E-state index in [-0.39, 0.29) is 4.90 Å².